The third kappa shape index (κ3) is 4.33. The van der Waals surface area contributed by atoms with Crippen molar-refractivity contribution in [2.75, 3.05) is 26.3 Å². The normalized spacial score (nSPS) is 18.2. The van der Waals surface area contributed by atoms with Crippen molar-refractivity contribution in [3.63, 3.8) is 0 Å². The van der Waals surface area contributed by atoms with Crippen molar-refractivity contribution in [3.05, 3.63) is 48.0 Å². The van der Waals surface area contributed by atoms with E-state index in [-0.39, 0.29) is 5.41 Å². The standard InChI is InChI=1S/C17H25N3O/c1-14(2)12-19-16(18)20-13-17(8-10-21-11-9-17)15-6-4-3-5-7-15/h3-7H,1,8-13H2,2H3,(H3,18,19,20). The topological polar surface area (TPSA) is 59.6 Å². The molecule has 21 heavy (non-hydrogen) atoms. The van der Waals surface area contributed by atoms with Gasteiger partial charge >= 0.3 is 0 Å². The maximum absolute atomic E-state index is 5.94. The molecule has 0 aliphatic carbocycles. The zero-order valence-electron chi connectivity index (χ0n) is 12.8. The monoisotopic (exact) mass is 287 g/mol. The van der Waals surface area contributed by atoms with Crippen LogP contribution in [0.25, 0.3) is 0 Å². The van der Waals surface area contributed by atoms with Gasteiger partial charge in [-0.1, -0.05) is 42.5 Å². The van der Waals surface area contributed by atoms with E-state index in [1.54, 1.807) is 0 Å². The highest BCUT2D eigenvalue weighted by Crippen LogP contribution is 2.35. The van der Waals surface area contributed by atoms with Crippen LogP contribution in [0, 0.1) is 0 Å². The summed E-state index contributed by atoms with van der Waals surface area (Å²) >= 11 is 0. The van der Waals surface area contributed by atoms with Crippen LogP contribution in [0.4, 0.5) is 0 Å². The molecule has 0 atom stereocenters. The van der Waals surface area contributed by atoms with Crippen molar-refractivity contribution >= 4 is 5.96 Å². The first-order valence-electron chi connectivity index (χ1n) is 7.44. The highest BCUT2D eigenvalue weighted by Gasteiger charge is 2.34. The SMILES string of the molecule is C=C(C)CNC(N)=NCC1(c2ccccc2)CCOCC1. The van der Waals surface area contributed by atoms with Gasteiger partial charge in [-0.15, -0.1) is 0 Å². The van der Waals surface area contributed by atoms with Crippen molar-refractivity contribution in [2.45, 2.75) is 25.2 Å². The maximum atomic E-state index is 5.94. The van der Waals surface area contributed by atoms with Crippen LogP contribution in [-0.4, -0.2) is 32.3 Å². The summed E-state index contributed by atoms with van der Waals surface area (Å²) in [5.41, 5.74) is 8.34. The van der Waals surface area contributed by atoms with Crippen LogP contribution < -0.4 is 11.1 Å². The van der Waals surface area contributed by atoms with E-state index in [4.69, 9.17) is 10.5 Å². The van der Waals surface area contributed by atoms with Gasteiger partial charge in [-0.3, -0.25) is 4.99 Å². The smallest absolute Gasteiger partial charge is 0.188 e. The summed E-state index contributed by atoms with van der Waals surface area (Å²) in [7, 11) is 0. The van der Waals surface area contributed by atoms with Gasteiger partial charge in [0, 0.05) is 25.2 Å². The highest BCUT2D eigenvalue weighted by molar-refractivity contribution is 5.78. The zero-order chi connectivity index (χ0) is 15.1. The second-order valence-corrected chi connectivity index (χ2v) is 5.77. The molecule has 2 rings (SSSR count). The third-order valence-electron chi connectivity index (χ3n) is 3.96. The van der Waals surface area contributed by atoms with E-state index in [1.807, 2.05) is 13.0 Å². The first kappa shape index (κ1) is 15.6. The van der Waals surface area contributed by atoms with E-state index in [0.29, 0.717) is 19.0 Å². The second-order valence-electron chi connectivity index (χ2n) is 5.77. The van der Waals surface area contributed by atoms with Crippen LogP contribution in [0.2, 0.25) is 0 Å². The largest absolute Gasteiger partial charge is 0.381 e. The Morgan fingerprint density at radius 2 is 2.00 bits per heavy atom. The summed E-state index contributed by atoms with van der Waals surface area (Å²) in [5.74, 6) is 0.486. The molecule has 0 aromatic heterocycles. The number of ether oxygens (including phenoxy) is 1. The van der Waals surface area contributed by atoms with E-state index >= 15 is 0 Å². The van der Waals surface area contributed by atoms with E-state index < -0.39 is 0 Å². The summed E-state index contributed by atoms with van der Waals surface area (Å²) in [5, 5.41) is 3.09. The number of nitrogens with one attached hydrogen (secondary N) is 1. The summed E-state index contributed by atoms with van der Waals surface area (Å²) in [4.78, 5) is 4.55. The second kappa shape index (κ2) is 7.27. The van der Waals surface area contributed by atoms with Gasteiger partial charge in [-0.05, 0) is 25.3 Å². The zero-order valence-corrected chi connectivity index (χ0v) is 12.8. The van der Waals surface area contributed by atoms with Crippen molar-refractivity contribution in [1.29, 1.82) is 0 Å². The highest BCUT2D eigenvalue weighted by atomic mass is 16.5. The molecule has 4 heteroatoms. The molecule has 0 saturated carbocycles. The molecule has 0 spiro atoms. The Morgan fingerprint density at radius 3 is 2.62 bits per heavy atom. The third-order valence-corrected chi connectivity index (χ3v) is 3.96. The number of rotatable bonds is 5. The van der Waals surface area contributed by atoms with Gasteiger partial charge in [0.05, 0.1) is 6.54 Å². The molecule has 114 valence electrons. The summed E-state index contributed by atoms with van der Waals surface area (Å²) in [6.45, 7) is 8.73. The predicted molar refractivity (Wildman–Crippen MR) is 87.5 cm³/mol. The lowest BCUT2D eigenvalue weighted by molar-refractivity contribution is 0.0531. The van der Waals surface area contributed by atoms with E-state index in [0.717, 1.165) is 31.6 Å². The molecule has 1 aromatic rings. The molecule has 1 aliphatic rings. The van der Waals surface area contributed by atoms with Gasteiger partial charge in [-0.2, -0.15) is 0 Å². The van der Waals surface area contributed by atoms with E-state index in [1.165, 1.54) is 5.56 Å². The molecule has 0 radical (unpaired) electrons. The van der Waals surface area contributed by atoms with Gasteiger partial charge < -0.3 is 15.8 Å². The van der Waals surface area contributed by atoms with Gasteiger partial charge in [0.15, 0.2) is 5.96 Å². The quantitative estimate of drug-likeness (QED) is 0.496. The average Bonchev–Trinajstić information content (AvgIpc) is 2.52. The Kier molecular flexibility index (Phi) is 5.39. The Balaban J connectivity index is 2.10. The molecule has 1 aromatic carbocycles. The first-order chi connectivity index (χ1) is 10.1. The van der Waals surface area contributed by atoms with Crippen LogP contribution in [0.5, 0.6) is 0 Å². The van der Waals surface area contributed by atoms with E-state index in [9.17, 15) is 0 Å². The Hall–Kier alpha value is -1.81. The molecule has 1 saturated heterocycles. The minimum absolute atomic E-state index is 0.0367. The summed E-state index contributed by atoms with van der Waals surface area (Å²) in [6.07, 6.45) is 1.96. The van der Waals surface area contributed by atoms with Crippen LogP contribution in [0.1, 0.15) is 25.3 Å². The van der Waals surface area contributed by atoms with Crippen LogP contribution in [0.3, 0.4) is 0 Å². The lowest BCUT2D eigenvalue weighted by atomic mass is 9.74. The molecule has 1 aliphatic heterocycles. The van der Waals surface area contributed by atoms with Crippen LogP contribution in [0.15, 0.2) is 47.5 Å². The maximum Gasteiger partial charge on any atom is 0.188 e. The van der Waals surface area contributed by atoms with Crippen LogP contribution in [-0.2, 0) is 10.2 Å². The van der Waals surface area contributed by atoms with Crippen LogP contribution >= 0.6 is 0 Å². The Bertz CT molecular complexity index is 490. The average molecular weight is 287 g/mol. The van der Waals surface area contributed by atoms with Crippen molar-refractivity contribution < 1.29 is 4.74 Å². The number of aliphatic imine (C=N–C) groups is 1. The molecular weight excluding hydrogens is 262 g/mol. The molecule has 0 bridgehead atoms. The van der Waals surface area contributed by atoms with Gasteiger partial charge in [0.25, 0.3) is 0 Å². The number of benzene rings is 1. The molecule has 0 amide bonds. The number of guanidine groups is 1. The number of hydrogen-bond acceptors (Lipinski definition) is 2. The van der Waals surface area contributed by atoms with E-state index in [2.05, 4.69) is 41.2 Å². The van der Waals surface area contributed by atoms with Crippen molar-refractivity contribution in [1.82, 2.24) is 5.32 Å². The fourth-order valence-corrected chi connectivity index (χ4v) is 2.63. The van der Waals surface area contributed by atoms with Crippen molar-refractivity contribution in [3.8, 4) is 0 Å². The lowest BCUT2D eigenvalue weighted by Crippen LogP contribution is -2.39. The number of nitrogens with two attached hydrogens (primary N) is 1. The van der Waals surface area contributed by atoms with Gasteiger partial charge in [0.2, 0.25) is 0 Å². The number of nitrogens with zero attached hydrogens (tertiary/aromatic N) is 1. The van der Waals surface area contributed by atoms with Gasteiger partial charge in [0.1, 0.15) is 0 Å². The Morgan fingerprint density at radius 1 is 1.33 bits per heavy atom. The molecule has 1 heterocycles. The number of hydrogen-bond donors (Lipinski definition) is 2. The van der Waals surface area contributed by atoms with Crippen molar-refractivity contribution in [2.24, 2.45) is 10.7 Å². The summed E-state index contributed by atoms with van der Waals surface area (Å²) < 4.78 is 5.53. The minimum atomic E-state index is 0.0367. The summed E-state index contributed by atoms with van der Waals surface area (Å²) in [6, 6.07) is 10.6. The molecule has 1 fully saturated rings. The predicted octanol–water partition coefficient (Wildman–Crippen LogP) is 2.22. The molecular formula is C17H25N3O. The molecule has 4 nitrogen and oxygen atoms in total. The Labute approximate surface area is 127 Å². The first-order valence-corrected chi connectivity index (χ1v) is 7.44. The lowest BCUT2D eigenvalue weighted by Gasteiger charge is -2.36. The van der Waals surface area contributed by atoms with Gasteiger partial charge in [-0.25, -0.2) is 0 Å². The fourth-order valence-electron chi connectivity index (χ4n) is 2.63. The fraction of sp³-hybridized carbons (Fsp3) is 0.471. The minimum Gasteiger partial charge on any atom is -0.381 e. The molecule has 0 unspecified atom stereocenters. The molecule has 3 N–H and O–H groups in total.